The quantitative estimate of drug-likeness (QED) is 0.698. The van der Waals surface area contributed by atoms with E-state index in [4.69, 9.17) is 0 Å². The Labute approximate surface area is 152 Å². The van der Waals surface area contributed by atoms with E-state index in [0.29, 0.717) is 5.69 Å². The van der Waals surface area contributed by atoms with Gasteiger partial charge in [-0.2, -0.15) is 0 Å². The van der Waals surface area contributed by atoms with E-state index >= 15 is 0 Å². The fraction of sp³-hybridized carbons (Fsp3) is 0.190. The molecule has 0 saturated heterocycles. The van der Waals surface area contributed by atoms with E-state index < -0.39 is 0 Å². The van der Waals surface area contributed by atoms with E-state index in [1.165, 1.54) is 5.56 Å². The zero-order chi connectivity index (χ0) is 18.1. The van der Waals surface area contributed by atoms with E-state index in [-0.39, 0.29) is 6.03 Å². The van der Waals surface area contributed by atoms with Crippen LogP contribution in [0.15, 0.2) is 42.5 Å². The first-order chi connectivity index (χ1) is 12.6. The lowest BCUT2D eigenvalue weighted by Gasteiger charge is -2.16. The van der Waals surface area contributed by atoms with Gasteiger partial charge in [0.15, 0.2) is 0 Å². The van der Waals surface area contributed by atoms with Gasteiger partial charge in [-0.25, -0.2) is 14.8 Å². The van der Waals surface area contributed by atoms with Gasteiger partial charge in [0.2, 0.25) is 0 Å². The predicted octanol–water partition coefficient (Wildman–Crippen LogP) is 4.85. The van der Waals surface area contributed by atoms with Gasteiger partial charge in [0.25, 0.3) is 0 Å². The van der Waals surface area contributed by atoms with Gasteiger partial charge in [0.05, 0.1) is 22.4 Å². The maximum absolute atomic E-state index is 12.4. The molecule has 5 heteroatoms. The van der Waals surface area contributed by atoms with E-state index in [1.807, 2.05) is 44.2 Å². The fourth-order valence-corrected chi connectivity index (χ4v) is 3.17. The molecule has 130 valence electrons. The van der Waals surface area contributed by atoms with Crippen LogP contribution in [0.1, 0.15) is 28.9 Å². The predicted molar refractivity (Wildman–Crippen MR) is 105 cm³/mol. The standard InChI is InChI=1S/C21H20N4O/c1-13-14(2)23-20-12-16(10-11-19(20)22-13)24-21(26)25-18-9-5-7-15-6-3-4-8-17(15)18/h4-5,7-12H,3,6H2,1-2H3,(H2,24,25,26). The highest BCUT2D eigenvalue weighted by Crippen LogP contribution is 2.27. The van der Waals surface area contributed by atoms with Crippen LogP contribution in [0.3, 0.4) is 0 Å². The van der Waals surface area contributed by atoms with Gasteiger partial charge in [-0.1, -0.05) is 24.3 Å². The number of carbonyl (C=O) groups excluding carboxylic acids is 1. The molecule has 1 aliphatic rings. The number of allylic oxidation sites excluding steroid dienone is 1. The Morgan fingerprint density at radius 1 is 1.00 bits per heavy atom. The average molecular weight is 344 g/mol. The average Bonchev–Trinajstić information content (AvgIpc) is 2.63. The third-order valence-corrected chi connectivity index (χ3v) is 4.64. The monoisotopic (exact) mass is 344 g/mol. The van der Waals surface area contributed by atoms with Crippen molar-refractivity contribution < 1.29 is 4.79 Å². The number of carbonyl (C=O) groups is 1. The van der Waals surface area contributed by atoms with Gasteiger partial charge < -0.3 is 10.6 Å². The third-order valence-electron chi connectivity index (χ3n) is 4.64. The number of nitrogens with one attached hydrogen (secondary N) is 2. The second-order valence-corrected chi connectivity index (χ2v) is 6.50. The van der Waals surface area contributed by atoms with Crippen LogP contribution in [0.25, 0.3) is 17.1 Å². The van der Waals surface area contributed by atoms with Crippen LogP contribution in [0.2, 0.25) is 0 Å². The molecule has 0 fully saturated rings. The molecule has 1 aliphatic carbocycles. The number of anilines is 2. The summed E-state index contributed by atoms with van der Waals surface area (Å²) in [6.07, 6.45) is 6.26. The Morgan fingerprint density at radius 2 is 1.81 bits per heavy atom. The number of aryl methyl sites for hydroxylation is 3. The molecule has 2 aromatic carbocycles. The van der Waals surface area contributed by atoms with Crippen molar-refractivity contribution in [2.24, 2.45) is 0 Å². The van der Waals surface area contributed by atoms with E-state index in [0.717, 1.165) is 46.5 Å². The Morgan fingerprint density at radius 3 is 2.65 bits per heavy atom. The van der Waals surface area contributed by atoms with E-state index in [9.17, 15) is 4.79 Å². The van der Waals surface area contributed by atoms with Crippen LogP contribution in [-0.2, 0) is 6.42 Å². The number of hydrogen-bond donors (Lipinski definition) is 2. The van der Waals surface area contributed by atoms with Crippen molar-refractivity contribution in [2.45, 2.75) is 26.7 Å². The number of hydrogen-bond acceptors (Lipinski definition) is 3. The normalized spacial score (nSPS) is 12.7. The van der Waals surface area contributed by atoms with Crippen molar-refractivity contribution in [2.75, 3.05) is 10.6 Å². The summed E-state index contributed by atoms with van der Waals surface area (Å²) in [6, 6.07) is 11.3. The largest absolute Gasteiger partial charge is 0.323 e. The summed E-state index contributed by atoms with van der Waals surface area (Å²) in [5.74, 6) is 0. The van der Waals surface area contributed by atoms with Crippen LogP contribution in [0, 0.1) is 13.8 Å². The maximum atomic E-state index is 12.4. The molecule has 0 aliphatic heterocycles. The van der Waals surface area contributed by atoms with Crippen LogP contribution in [0.5, 0.6) is 0 Å². The minimum atomic E-state index is -0.270. The summed E-state index contributed by atoms with van der Waals surface area (Å²) in [7, 11) is 0. The molecule has 3 aromatic rings. The highest BCUT2D eigenvalue weighted by atomic mass is 16.2. The number of benzene rings is 2. The fourth-order valence-electron chi connectivity index (χ4n) is 3.17. The number of amides is 2. The van der Waals surface area contributed by atoms with Crippen LogP contribution >= 0.6 is 0 Å². The van der Waals surface area contributed by atoms with Crippen molar-refractivity contribution in [1.29, 1.82) is 0 Å². The van der Waals surface area contributed by atoms with E-state index in [1.54, 1.807) is 0 Å². The maximum Gasteiger partial charge on any atom is 0.323 e. The topological polar surface area (TPSA) is 66.9 Å². The molecule has 2 amide bonds. The second-order valence-electron chi connectivity index (χ2n) is 6.50. The number of urea groups is 1. The summed E-state index contributed by atoms with van der Waals surface area (Å²) in [5, 5.41) is 5.83. The molecule has 0 bridgehead atoms. The SMILES string of the molecule is Cc1nc2ccc(NC(=O)Nc3cccc4c3C=CCC4)cc2nc1C. The minimum absolute atomic E-state index is 0.270. The summed E-state index contributed by atoms with van der Waals surface area (Å²) in [4.78, 5) is 21.5. The molecule has 1 aromatic heterocycles. The van der Waals surface area contributed by atoms with Gasteiger partial charge in [0, 0.05) is 16.9 Å². The van der Waals surface area contributed by atoms with Gasteiger partial charge in [0.1, 0.15) is 0 Å². The van der Waals surface area contributed by atoms with Gasteiger partial charge in [-0.15, -0.1) is 0 Å². The lowest BCUT2D eigenvalue weighted by atomic mass is 9.96. The summed E-state index contributed by atoms with van der Waals surface area (Å²) < 4.78 is 0. The molecule has 0 radical (unpaired) electrons. The first kappa shape index (κ1) is 16.3. The lowest BCUT2D eigenvalue weighted by molar-refractivity contribution is 0.262. The number of nitrogens with zero attached hydrogens (tertiary/aromatic N) is 2. The van der Waals surface area contributed by atoms with Crippen molar-refractivity contribution in [1.82, 2.24) is 9.97 Å². The zero-order valence-corrected chi connectivity index (χ0v) is 14.8. The first-order valence-electron chi connectivity index (χ1n) is 8.71. The molecule has 26 heavy (non-hydrogen) atoms. The number of rotatable bonds is 2. The highest BCUT2D eigenvalue weighted by molar-refractivity contribution is 6.02. The molecule has 5 nitrogen and oxygen atoms in total. The van der Waals surface area contributed by atoms with Crippen molar-refractivity contribution in [3.63, 3.8) is 0 Å². The van der Waals surface area contributed by atoms with Crippen LogP contribution < -0.4 is 10.6 Å². The summed E-state index contributed by atoms with van der Waals surface area (Å²) in [5.41, 5.74) is 7.25. The Balaban J connectivity index is 1.55. The van der Waals surface area contributed by atoms with Gasteiger partial charge in [-0.3, -0.25) is 0 Å². The van der Waals surface area contributed by atoms with Crippen LogP contribution in [0.4, 0.5) is 16.2 Å². The smallest absolute Gasteiger partial charge is 0.308 e. The Kier molecular flexibility index (Phi) is 4.13. The molecule has 1 heterocycles. The molecule has 0 unspecified atom stereocenters. The minimum Gasteiger partial charge on any atom is -0.308 e. The number of fused-ring (bicyclic) bond motifs is 2. The first-order valence-corrected chi connectivity index (χ1v) is 8.71. The molecular formula is C21H20N4O. The van der Waals surface area contributed by atoms with Crippen molar-refractivity contribution >= 4 is 34.5 Å². The highest BCUT2D eigenvalue weighted by Gasteiger charge is 2.12. The molecule has 2 N–H and O–H groups in total. The lowest BCUT2D eigenvalue weighted by Crippen LogP contribution is -2.20. The number of aromatic nitrogens is 2. The zero-order valence-electron chi connectivity index (χ0n) is 14.8. The van der Waals surface area contributed by atoms with Crippen LogP contribution in [-0.4, -0.2) is 16.0 Å². The van der Waals surface area contributed by atoms with E-state index in [2.05, 4.69) is 38.8 Å². The molecule has 4 rings (SSSR count). The molecular weight excluding hydrogens is 324 g/mol. The summed E-state index contributed by atoms with van der Waals surface area (Å²) in [6.45, 7) is 3.87. The third kappa shape index (κ3) is 3.16. The Hall–Kier alpha value is -3.21. The molecule has 0 spiro atoms. The second kappa shape index (κ2) is 6.59. The molecule has 0 saturated carbocycles. The van der Waals surface area contributed by atoms with Crippen molar-refractivity contribution in [3.8, 4) is 0 Å². The van der Waals surface area contributed by atoms with Crippen molar-refractivity contribution in [3.05, 3.63) is 65.0 Å². The summed E-state index contributed by atoms with van der Waals surface area (Å²) >= 11 is 0. The Bertz CT molecular complexity index is 1040. The van der Waals surface area contributed by atoms with Gasteiger partial charge >= 0.3 is 6.03 Å². The van der Waals surface area contributed by atoms with Gasteiger partial charge in [-0.05, 0) is 56.5 Å². The molecule has 0 atom stereocenters.